The number of nitrogens with zero attached hydrogens (tertiary/aromatic N) is 3. The first-order valence-electron chi connectivity index (χ1n) is 6.85. The second-order valence-corrected chi connectivity index (χ2v) is 4.96. The van der Waals surface area contributed by atoms with Crippen molar-refractivity contribution in [1.82, 2.24) is 9.88 Å². The fraction of sp³-hybridized carbons (Fsp3) is 0.333. The van der Waals surface area contributed by atoms with Gasteiger partial charge in [-0.3, -0.25) is 0 Å². The number of pyridine rings is 1. The summed E-state index contributed by atoms with van der Waals surface area (Å²) in [6, 6.07) is 9.85. The summed E-state index contributed by atoms with van der Waals surface area (Å²) < 4.78 is 5.20. The molecule has 110 valence electrons. The summed E-state index contributed by atoms with van der Waals surface area (Å²) in [5, 5.41) is 10.1. The van der Waals surface area contributed by atoms with E-state index in [0.29, 0.717) is 32.1 Å². The van der Waals surface area contributed by atoms with Crippen molar-refractivity contribution >= 4 is 22.7 Å². The molecule has 3 rings (SSSR count). The van der Waals surface area contributed by atoms with E-state index in [0.717, 1.165) is 16.6 Å². The lowest BCUT2D eigenvalue weighted by molar-refractivity contribution is 0.142. The number of aromatic nitrogens is 1. The number of hydrogen-bond donors (Lipinski definition) is 1. The maximum absolute atomic E-state index is 11.0. The number of hydrogen-bond acceptors (Lipinski definition) is 4. The predicted octanol–water partition coefficient (Wildman–Crippen LogP) is 2.04. The molecule has 0 bridgehead atoms. The van der Waals surface area contributed by atoms with Gasteiger partial charge in [-0.05, 0) is 12.1 Å². The predicted molar refractivity (Wildman–Crippen MR) is 80.1 cm³/mol. The molecule has 6 nitrogen and oxygen atoms in total. The third-order valence-electron chi connectivity index (χ3n) is 3.77. The Morgan fingerprint density at radius 2 is 1.95 bits per heavy atom. The lowest BCUT2D eigenvalue weighted by Crippen LogP contribution is -2.48. The van der Waals surface area contributed by atoms with Crippen molar-refractivity contribution in [2.75, 3.05) is 38.2 Å². The minimum atomic E-state index is -0.854. The van der Waals surface area contributed by atoms with Gasteiger partial charge in [0, 0.05) is 37.6 Å². The quantitative estimate of drug-likeness (QED) is 0.915. The highest BCUT2D eigenvalue weighted by Gasteiger charge is 2.21. The maximum Gasteiger partial charge on any atom is 0.407 e. The van der Waals surface area contributed by atoms with Crippen LogP contribution in [0.5, 0.6) is 5.88 Å². The lowest BCUT2D eigenvalue weighted by Gasteiger charge is -2.34. The fourth-order valence-electron chi connectivity index (χ4n) is 2.62. The molecule has 1 saturated heterocycles. The molecule has 0 atom stereocenters. The second-order valence-electron chi connectivity index (χ2n) is 4.96. The minimum absolute atomic E-state index is 0.510. The van der Waals surface area contributed by atoms with Gasteiger partial charge in [-0.2, -0.15) is 0 Å². The van der Waals surface area contributed by atoms with Crippen LogP contribution in [0, 0.1) is 0 Å². The molecule has 0 radical (unpaired) electrons. The van der Waals surface area contributed by atoms with Crippen LogP contribution in [-0.4, -0.2) is 54.4 Å². The molecule has 2 heterocycles. The highest BCUT2D eigenvalue weighted by Crippen LogP contribution is 2.27. The minimum Gasteiger partial charge on any atom is -0.481 e. The summed E-state index contributed by atoms with van der Waals surface area (Å²) in [5.41, 5.74) is 1.91. The molecule has 0 spiro atoms. The lowest BCUT2D eigenvalue weighted by atomic mass is 10.1. The van der Waals surface area contributed by atoms with Crippen molar-refractivity contribution in [2.45, 2.75) is 0 Å². The molecule has 6 heteroatoms. The number of piperazine rings is 1. The smallest absolute Gasteiger partial charge is 0.407 e. The fourth-order valence-corrected chi connectivity index (χ4v) is 2.62. The zero-order chi connectivity index (χ0) is 14.8. The van der Waals surface area contributed by atoms with Crippen molar-refractivity contribution in [3.63, 3.8) is 0 Å². The van der Waals surface area contributed by atoms with Gasteiger partial charge in [0.25, 0.3) is 0 Å². The summed E-state index contributed by atoms with van der Waals surface area (Å²) in [6.07, 6.45) is -0.854. The Morgan fingerprint density at radius 3 is 2.62 bits per heavy atom. The van der Waals surface area contributed by atoms with Gasteiger partial charge in [0.05, 0.1) is 18.3 Å². The Morgan fingerprint density at radius 1 is 1.19 bits per heavy atom. The molecule has 0 aliphatic carbocycles. The summed E-state index contributed by atoms with van der Waals surface area (Å²) in [7, 11) is 1.60. The normalized spacial score (nSPS) is 15.3. The number of amides is 1. The zero-order valence-corrected chi connectivity index (χ0v) is 11.8. The maximum atomic E-state index is 11.0. The standard InChI is InChI=1S/C15H17N3O3/c1-21-13-6-5-11-3-2-4-12(14(11)16-13)17-7-9-18(10-8-17)15(19)20/h2-6H,7-10H2,1H3,(H,19,20). The van der Waals surface area contributed by atoms with Gasteiger partial charge in [-0.1, -0.05) is 12.1 Å². The van der Waals surface area contributed by atoms with Crippen LogP contribution in [0.4, 0.5) is 10.5 Å². The zero-order valence-electron chi connectivity index (χ0n) is 11.8. The molecule has 0 unspecified atom stereocenters. The Balaban J connectivity index is 1.92. The number of para-hydroxylation sites is 1. The van der Waals surface area contributed by atoms with Crippen LogP contribution < -0.4 is 9.64 Å². The van der Waals surface area contributed by atoms with E-state index in [1.54, 1.807) is 7.11 Å². The second kappa shape index (κ2) is 5.47. The van der Waals surface area contributed by atoms with Crippen molar-refractivity contribution in [3.8, 4) is 5.88 Å². The number of benzene rings is 1. The average Bonchev–Trinajstić information content (AvgIpc) is 2.54. The van der Waals surface area contributed by atoms with E-state index >= 15 is 0 Å². The van der Waals surface area contributed by atoms with E-state index in [4.69, 9.17) is 9.84 Å². The molecule has 1 N–H and O–H groups in total. The van der Waals surface area contributed by atoms with Crippen LogP contribution in [-0.2, 0) is 0 Å². The van der Waals surface area contributed by atoms with Crippen LogP contribution in [0.15, 0.2) is 30.3 Å². The molecular weight excluding hydrogens is 270 g/mol. The molecule has 2 aromatic rings. The molecule has 1 amide bonds. The molecule has 1 fully saturated rings. The van der Waals surface area contributed by atoms with Gasteiger partial charge in [0.15, 0.2) is 0 Å². The third-order valence-corrected chi connectivity index (χ3v) is 3.77. The van der Waals surface area contributed by atoms with E-state index in [1.165, 1.54) is 4.90 Å². The van der Waals surface area contributed by atoms with E-state index in [1.807, 2.05) is 30.3 Å². The van der Waals surface area contributed by atoms with Crippen LogP contribution >= 0.6 is 0 Å². The monoisotopic (exact) mass is 287 g/mol. The number of carboxylic acid groups (broad SMARTS) is 1. The number of methoxy groups -OCH3 is 1. The number of rotatable bonds is 2. The Kier molecular flexibility index (Phi) is 3.51. The largest absolute Gasteiger partial charge is 0.481 e. The van der Waals surface area contributed by atoms with Crippen LogP contribution in [0.3, 0.4) is 0 Å². The summed E-state index contributed by atoms with van der Waals surface area (Å²) in [6.45, 7) is 2.36. The van der Waals surface area contributed by atoms with Gasteiger partial charge >= 0.3 is 6.09 Å². The first-order chi connectivity index (χ1) is 10.2. The highest BCUT2D eigenvalue weighted by molar-refractivity contribution is 5.91. The number of anilines is 1. The van der Waals surface area contributed by atoms with E-state index in [9.17, 15) is 4.79 Å². The van der Waals surface area contributed by atoms with Gasteiger partial charge in [0.1, 0.15) is 0 Å². The topological polar surface area (TPSA) is 65.9 Å². The Hall–Kier alpha value is -2.50. The summed E-state index contributed by atoms with van der Waals surface area (Å²) in [5.74, 6) is 0.583. The average molecular weight is 287 g/mol. The van der Waals surface area contributed by atoms with Crippen LogP contribution in [0.2, 0.25) is 0 Å². The third kappa shape index (κ3) is 2.56. The Labute approximate surface area is 122 Å². The molecule has 1 aromatic heterocycles. The molecule has 1 aliphatic heterocycles. The summed E-state index contributed by atoms with van der Waals surface area (Å²) >= 11 is 0. The number of fused-ring (bicyclic) bond motifs is 1. The van der Waals surface area contributed by atoms with Gasteiger partial charge in [-0.25, -0.2) is 9.78 Å². The number of ether oxygens (including phenoxy) is 1. The van der Waals surface area contributed by atoms with Crippen LogP contribution in [0.1, 0.15) is 0 Å². The van der Waals surface area contributed by atoms with E-state index in [-0.39, 0.29) is 0 Å². The Bertz CT molecular complexity index is 666. The van der Waals surface area contributed by atoms with Crippen molar-refractivity contribution in [1.29, 1.82) is 0 Å². The first kappa shape index (κ1) is 13.5. The van der Waals surface area contributed by atoms with Crippen molar-refractivity contribution in [3.05, 3.63) is 30.3 Å². The highest BCUT2D eigenvalue weighted by atomic mass is 16.5. The molecule has 1 aliphatic rings. The number of carbonyl (C=O) groups is 1. The van der Waals surface area contributed by atoms with Crippen molar-refractivity contribution in [2.24, 2.45) is 0 Å². The van der Waals surface area contributed by atoms with E-state index < -0.39 is 6.09 Å². The van der Waals surface area contributed by atoms with Crippen LogP contribution in [0.25, 0.3) is 10.9 Å². The van der Waals surface area contributed by atoms with Crippen molar-refractivity contribution < 1.29 is 14.6 Å². The first-order valence-corrected chi connectivity index (χ1v) is 6.85. The van der Waals surface area contributed by atoms with Gasteiger partial charge < -0.3 is 19.6 Å². The van der Waals surface area contributed by atoms with Gasteiger partial charge in [0.2, 0.25) is 5.88 Å². The molecule has 1 aromatic carbocycles. The SMILES string of the molecule is COc1ccc2cccc(N3CCN(C(=O)O)CC3)c2n1. The molecule has 0 saturated carbocycles. The summed E-state index contributed by atoms with van der Waals surface area (Å²) in [4.78, 5) is 19.1. The van der Waals surface area contributed by atoms with Gasteiger partial charge in [-0.15, -0.1) is 0 Å². The molecular formula is C15H17N3O3. The van der Waals surface area contributed by atoms with E-state index in [2.05, 4.69) is 9.88 Å². The molecule has 21 heavy (non-hydrogen) atoms.